The third-order valence-corrected chi connectivity index (χ3v) is 4.59. The normalized spacial score (nSPS) is 24.6. The molecule has 0 bridgehead atoms. The minimum absolute atomic E-state index is 0.0233. The van der Waals surface area contributed by atoms with Gasteiger partial charge < -0.3 is 0 Å². The van der Waals surface area contributed by atoms with Gasteiger partial charge in [-0.3, -0.25) is 0 Å². The maximum Gasteiger partial charge on any atom is 0.157 e. The van der Waals surface area contributed by atoms with Gasteiger partial charge in [0.25, 0.3) is 0 Å². The standard InChI is InChI=1S/C19H22N2/c1-14-10-16(15-8-6-5-7-9-15)19(12-20,13-21)17(11-14)18(2,3)4/h5-10,16-17H,11H2,1-4H3/t16-,17-/m1/s1. The molecule has 1 aliphatic carbocycles. The molecule has 108 valence electrons. The second-order valence-electron chi connectivity index (χ2n) is 7.12. The summed E-state index contributed by atoms with van der Waals surface area (Å²) in [7, 11) is 0. The molecule has 21 heavy (non-hydrogen) atoms. The van der Waals surface area contributed by atoms with Crippen molar-refractivity contribution in [1.82, 2.24) is 0 Å². The van der Waals surface area contributed by atoms with Crippen molar-refractivity contribution >= 4 is 0 Å². The van der Waals surface area contributed by atoms with Crippen LogP contribution in [0.5, 0.6) is 0 Å². The first-order valence-electron chi connectivity index (χ1n) is 7.40. The van der Waals surface area contributed by atoms with Gasteiger partial charge in [0, 0.05) is 11.8 Å². The van der Waals surface area contributed by atoms with Crippen molar-refractivity contribution in [2.24, 2.45) is 16.7 Å². The number of benzene rings is 1. The van der Waals surface area contributed by atoms with E-state index in [0.717, 1.165) is 12.0 Å². The highest BCUT2D eigenvalue weighted by molar-refractivity contribution is 5.40. The second-order valence-corrected chi connectivity index (χ2v) is 7.12. The summed E-state index contributed by atoms with van der Waals surface area (Å²) in [5.74, 6) is -0.137. The van der Waals surface area contributed by atoms with Crippen LogP contribution in [-0.4, -0.2) is 0 Å². The highest BCUT2D eigenvalue weighted by Gasteiger charge is 2.52. The Morgan fingerprint density at radius 2 is 1.67 bits per heavy atom. The van der Waals surface area contributed by atoms with Gasteiger partial charge >= 0.3 is 0 Å². The highest BCUT2D eigenvalue weighted by Crippen LogP contribution is 2.54. The Morgan fingerprint density at radius 1 is 1.10 bits per heavy atom. The first-order valence-corrected chi connectivity index (χ1v) is 7.40. The highest BCUT2D eigenvalue weighted by atomic mass is 14.6. The molecule has 0 heterocycles. The summed E-state index contributed by atoms with van der Waals surface area (Å²) < 4.78 is 0. The third kappa shape index (κ3) is 2.59. The zero-order valence-electron chi connectivity index (χ0n) is 13.2. The van der Waals surface area contributed by atoms with E-state index in [1.807, 2.05) is 30.3 Å². The second kappa shape index (κ2) is 5.38. The SMILES string of the molecule is CC1=C[C@H](c2ccccc2)C(C#N)(C#N)[C@@H](C(C)(C)C)C1. The van der Waals surface area contributed by atoms with Crippen molar-refractivity contribution < 1.29 is 0 Å². The van der Waals surface area contributed by atoms with Crippen LogP contribution >= 0.6 is 0 Å². The van der Waals surface area contributed by atoms with Crippen LogP contribution in [-0.2, 0) is 0 Å². The lowest BCUT2D eigenvalue weighted by molar-refractivity contribution is 0.122. The minimum atomic E-state index is -1.00. The maximum atomic E-state index is 9.89. The van der Waals surface area contributed by atoms with Crippen LogP contribution in [0.15, 0.2) is 42.0 Å². The van der Waals surface area contributed by atoms with E-state index in [9.17, 15) is 10.5 Å². The molecule has 1 aromatic rings. The van der Waals surface area contributed by atoms with E-state index in [-0.39, 0.29) is 17.3 Å². The predicted molar refractivity (Wildman–Crippen MR) is 84.2 cm³/mol. The van der Waals surface area contributed by atoms with Crippen LogP contribution in [0.3, 0.4) is 0 Å². The first-order chi connectivity index (χ1) is 9.85. The van der Waals surface area contributed by atoms with Gasteiger partial charge in [0.15, 0.2) is 5.41 Å². The molecule has 2 rings (SSSR count). The number of nitrogens with zero attached hydrogens (tertiary/aromatic N) is 2. The van der Waals surface area contributed by atoms with Gasteiger partial charge in [0.2, 0.25) is 0 Å². The van der Waals surface area contributed by atoms with Gasteiger partial charge in [-0.1, -0.05) is 62.8 Å². The van der Waals surface area contributed by atoms with E-state index < -0.39 is 5.41 Å². The Morgan fingerprint density at radius 3 is 2.14 bits per heavy atom. The molecule has 1 aliphatic rings. The van der Waals surface area contributed by atoms with Crippen LogP contribution in [0.4, 0.5) is 0 Å². The molecule has 2 nitrogen and oxygen atoms in total. The van der Waals surface area contributed by atoms with Crippen molar-refractivity contribution in [1.29, 1.82) is 10.5 Å². The van der Waals surface area contributed by atoms with Crippen LogP contribution < -0.4 is 0 Å². The zero-order chi connectivity index (χ0) is 15.7. The molecule has 0 radical (unpaired) electrons. The molecule has 2 atom stereocenters. The molecule has 0 spiro atoms. The van der Waals surface area contributed by atoms with Crippen LogP contribution in [0.2, 0.25) is 0 Å². The maximum absolute atomic E-state index is 9.89. The van der Waals surface area contributed by atoms with Gasteiger partial charge in [-0.25, -0.2) is 0 Å². The van der Waals surface area contributed by atoms with Crippen molar-refractivity contribution in [3.05, 3.63) is 47.5 Å². The Kier molecular flexibility index (Phi) is 3.93. The number of nitriles is 2. The fourth-order valence-corrected chi connectivity index (χ4v) is 3.51. The van der Waals surface area contributed by atoms with Gasteiger partial charge in [-0.15, -0.1) is 0 Å². The monoisotopic (exact) mass is 278 g/mol. The summed E-state index contributed by atoms with van der Waals surface area (Å²) in [4.78, 5) is 0. The topological polar surface area (TPSA) is 47.6 Å². The largest absolute Gasteiger partial charge is 0.197 e. The quantitative estimate of drug-likeness (QED) is 0.692. The average molecular weight is 278 g/mol. The fourth-order valence-electron chi connectivity index (χ4n) is 3.51. The summed E-state index contributed by atoms with van der Waals surface area (Å²) in [6, 6.07) is 14.7. The Balaban J connectivity index is 2.65. The lowest BCUT2D eigenvalue weighted by Crippen LogP contribution is -2.43. The van der Waals surface area contributed by atoms with Crippen molar-refractivity contribution in [2.45, 2.75) is 40.0 Å². The van der Waals surface area contributed by atoms with E-state index >= 15 is 0 Å². The van der Waals surface area contributed by atoms with Crippen molar-refractivity contribution in [2.75, 3.05) is 0 Å². The lowest BCUT2D eigenvalue weighted by Gasteiger charge is -2.45. The van der Waals surface area contributed by atoms with Crippen LogP contribution in [0.1, 0.15) is 45.6 Å². The molecule has 0 saturated carbocycles. The fraction of sp³-hybridized carbons (Fsp3) is 0.474. The van der Waals surface area contributed by atoms with Crippen molar-refractivity contribution in [3.8, 4) is 12.1 Å². The Labute approximate surface area is 127 Å². The number of hydrogen-bond acceptors (Lipinski definition) is 2. The molecule has 1 aromatic carbocycles. The van der Waals surface area contributed by atoms with E-state index in [2.05, 4.69) is 45.9 Å². The van der Waals surface area contributed by atoms with E-state index in [0.29, 0.717) is 0 Å². The van der Waals surface area contributed by atoms with E-state index in [1.54, 1.807) is 0 Å². The molecule has 2 heteroatoms. The van der Waals surface area contributed by atoms with Crippen LogP contribution in [0, 0.1) is 39.4 Å². The zero-order valence-corrected chi connectivity index (χ0v) is 13.2. The number of allylic oxidation sites excluding steroid dienone is 2. The van der Waals surface area contributed by atoms with Gasteiger partial charge in [-0.2, -0.15) is 10.5 Å². The van der Waals surface area contributed by atoms with Gasteiger partial charge in [-0.05, 0) is 24.3 Å². The smallest absolute Gasteiger partial charge is 0.157 e. The summed E-state index contributed by atoms with van der Waals surface area (Å²) in [6.45, 7) is 8.48. The molecule has 0 aliphatic heterocycles. The Hall–Kier alpha value is -2.06. The summed E-state index contributed by atoms with van der Waals surface area (Å²) in [6.07, 6.45) is 2.93. The van der Waals surface area contributed by atoms with Gasteiger partial charge in [0.1, 0.15) is 0 Å². The molecule has 0 saturated heterocycles. The molecule has 0 unspecified atom stereocenters. The molecule has 0 aromatic heterocycles. The molecule has 0 N–H and O–H groups in total. The van der Waals surface area contributed by atoms with Gasteiger partial charge in [0.05, 0.1) is 12.1 Å². The van der Waals surface area contributed by atoms with E-state index in [1.165, 1.54) is 5.57 Å². The number of hydrogen-bond donors (Lipinski definition) is 0. The first kappa shape index (κ1) is 15.3. The van der Waals surface area contributed by atoms with E-state index in [4.69, 9.17) is 0 Å². The van der Waals surface area contributed by atoms with Crippen LogP contribution in [0.25, 0.3) is 0 Å². The third-order valence-electron chi connectivity index (χ3n) is 4.59. The minimum Gasteiger partial charge on any atom is -0.197 e. The molecular formula is C19H22N2. The Bertz CT molecular complexity index is 606. The predicted octanol–water partition coefficient (Wildman–Crippen LogP) is 4.82. The average Bonchev–Trinajstić information content (AvgIpc) is 2.46. The molecule has 0 amide bonds. The number of rotatable bonds is 1. The molecular weight excluding hydrogens is 256 g/mol. The summed E-state index contributed by atoms with van der Waals surface area (Å²) in [5, 5.41) is 19.8. The lowest BCUT2D eigenvalue weighted by atomic mass is 9.54. The molecule has 0 fully saturated rings. The van der Waals surface area contributed by atoms with Crippen molar-refractivity contribution in [3.63, 3.8) is 0 Å². The summed E-state index contributed by atoms with van der Waals surface area (Å²) in [5.41, 5.74) is 1.23. The summed E-state index contributed by atoms with van der Waals surface area (Å²) >= 11 is 0.